The lowest BCUT2D eigenvalue weighted by molar-refractivity contribution is -0.120. The second kappa shape index (κ2) is 9.35. The van der Waals surface area contributed by atoms with Crippen molar-refractivity contribution in [1.82, 2.24) is 15.2 Å². The highest BCUT2D eigenvalue weighted by atomic mass is 16.5. The number of carbonyl (C=O) groups excluding carboxylic acids is 1. The number of carbonyl (C=O) groups is 1. The van der Waals surface area contributed by atoms with E-state index in [0.29, 0.717) is 12.4 Å². The number of amides is 1. The summed E-state index contributed by atoms with van der Waals surface area (Å²) in [5.41, 5.74) is 2.54. The molecule has 1 aromatic carbocycles. The van der Waals surface area contributed by atoms with E-state index in [-0.39, 0.29) is 11.8 Å². The molecule has 0 bridgehead atoms. The van der Waals surface area contributed by atoms with Crippen molar-refractivity contribution in [2.24, 2.45) is 5.92 Å². The van der Waals surface area contributed by atoms with Gasteiger partial charge in [0.25, 0.3) is 0 Å². The minimum atomic E-state index is -0.0278. The van der Waals surface area contributed by atoms with E-state index in [4.69, 9.17) is 4.74 Å². The smallest absolute Gasteiger partial charge is 0.227 e. The molecule has 0 saturated carbocycles. The zero-order chi connectivity index (χ0) is 20.8. The Labute approximate surface area is 176 Å². The fraction of sp³-hybridized carbons (Fsp3) is 0.304. The lowest BCUT2D eigenvalue weighted by Gasteiger charge is -2.32. The van der Waals surface area contributed by atoms with Crippen molar-refractivity contribution in [2.45, 2.75) is 19.8 Å². The molecule has 7 heteroatoms. The van der Waals surface area contributed by atoms with Gasteiger partial charge < -0.3 is 15.0 Å². The maximum Gasteiger partial charge on any atom is 0.227 e. The molecule has 1 aliphatic rings. The van der Waals surface area contributed by atoms with Gasteiger partial charge in [-0.15, -0.1) is 10.2 Å². The van der Waals surface area contributed by atoms with Crippen molar-refractivity contribution in [1.29, 1.82) is 0 Å². The van der Waals surface area contributed by atoms with Crippen molar-refractivity contribution in [3.63, 3.8) is 0 Å². The number of ether oxygens (including phenoxy) is 1. The summed E-state index contributed by atoms with van der Waals surface area (Å²) in [5, 5.41) is 11.8. The van der Waals surface area contributed by atoms with Crippen LogP contribution in [-0.2, 0) is 4.79 Å². The molecule has 1 amide bonds. The van der Waals surface area contributed by atoms with Gasteiger partial charge >= 0.3 is 0 Å². The predicted molar refractivity (Wildman–Crippen MR) is 116 cm³/mol. The Balaban J connectivity index is 1.34. The quantitative estimate of drug-likeness (QED) is 0.674. The zero-order valence-electron chi connectivity index (χ0n) is 17.0. The van der Waals surface area contributed by atoms with Crippen LogP contribution in [0, 0.1) is 5.92 Å². The number of pyridine rings is 1. The number of para-hydroxylation sites is 2. The van der Waals surface area contributed by atoms with Crippen molar-refractivity contribution in [3.8, 4) is 17.0 Å². The van der Waals surface area contributed by atoms with Crippen LogP contribution in [0.2, 0.25) is 0 Å². The van der Waals surface area contributed by atoms with E-state index in [1.807, 2.05) is 55.5 Å². The molecule has 2 aromatic heterocycles. The van der Waals surface area contributed by atoms with Gasteiger partial charge in [-0.1, -0.05) is 12.1 Å². The minimum Gasteiger partial charge on any atom is -0.492 e. The molecule has 1 N–H and O–H groups in total. The number of piperidine rings is 1. The Kier molecular flexibility index (Phi) is 6.17. The Morgan fingerprint density at radius 2 is 1.83 bits per heavy atom. The molecule has 30 heavy (non-hydrogen) atoms. The van der Waals surface area contributed by atoms with E-state index in [0.717, 1.165) is 48.7 Å². The van der Waals surface area contributed by atoms with Crippen molar-refractivity contribution in [3.05, 3.63) is 60.9 Å². The maximum atomic E-state index is 12.8. The van der Waals surface area contributed by atoms with Gasteiger partial charge in [-0.05, 0) is 56.2 Å². The van der Waals surface area contributed by atoms with Crippen LogP contribution in [0.1, 0.15) is 19.8 Å². The highest BCUT2D eigenvalue weighted by Gasteiger charge is 2.26. The van der Waals surface area contributed by atoms with Gasteiger partial charge in [-0.3, -0.25) is 9.78 Å². The number of hydrogen-bond acceptors (Lipinski definition) is 6. The molecule has 4 rings (SSSR count). The summed E-state index contributed by atoms with van der Waals surface area (Å²) >= 11 is 0. The molecular formula is C23H25N5O2. The number of aromatic nitrogens is 3. The molecule has 7 nitrogen and oxygen atoms in total. The first-order chi connectivity index (χ1) is 14.7. The van der Waals surface area contributed by atoms with Crippen molar-refractivity contribution < 1.29 is 9.53 Å². The third-order valence-corrected chi connectivity index (χ3v) is 5.26. The lowest BCUT2D eigenvalue weighted by atomic mass is 9.95. The Hall–Kier alpha value is -3.48. The van der Waals surface area contributed by atoms with Gasteiger partial charge in [-0.2, -0.15) is 0 Å². The first-order valence-corrected chi connectivity index (χ1v) is 10.3. The predicted octanol–water partition coefficient (Wildman–Crippen LogP) is 3.79. The molecule has 1 saturated heterocycles. The van der Waals surface area contributed by atoms with E-state index < -0.39 is 0 Å². The molecule has 0 spiro atoms. The summed E-state index contributed by atoms with van der Waals surface area (Å²) in [4.78, 5) is 19.0. The van der Waals surface area contributed by atoms with Crippen LogP contribution in [0.15, 0.2) is 60.9 Å². The van der Waals surface area contributed by atoms with Gasteiger partial charge in [0.2, 0.25) is 5.91 Å². The van der Waals surface area contributed by atoms with E-state index in [9.17, 15) is 4.79 Å². The maximum absolute atomic E-state index is 12.8. The molecule has 0 radical (unpaired) electrons. The fourth-order valence-corrected chi connectivity index (χ4v) is 3.63. The van der Waals surface area contributed by atoms with Crippen LogP contribution in [0.25, 0.3) is 11.3 Å². The summed E-state index contributed by atoms with van der Waals surface area (Å²) in [6.45, 7) is 4.04. The molecule has 1 fully saturated rings. The first kappa shape index (κ1) is 19.8. The third-order valence-electron chi connectivity index (χ3n) is 5.26. The summed E-state index contributed by atoms with van der Waals surface area (Å²) in [6.07, 6.45) is 5.04. The standard InChI is InChI=1S/C23H25N5O2/c1-2-30-21-6-4-3-5-20(21)25-23(29)18-11-15-28(16-12-18)22-8-7-19(26-27-22)17-9-13-24-14-10-17/h3-10,13-14,18H,2,11-12,15-16H2,1H3,(H,25,29). The van der Waals surface area contributed by atoms with Crippen LogP contribution in [0.3, 0.4) is 0 Å². The lowest BCUT2D eigenvalue weighted by Crippen LogP contribution is -2.38. The van der Waals surface area contributed by atoms with Gasteiger partial charge in [0, 0.05) is 37.0 Å². The second-order valence-corrected chi connectivity index (χ2v) is 7.19. The molecule has 0 unspecified atom stereocenters. The topological polar surface area (TPSA) is 80.2 Å². The Morgan fingerprint density at radius 3 is 2.53 bits per heavy atom. The second-order valence-electron chi connectivity index (χ2n) is 7.19. The fourth-order valence-electron chi connectivity index (χ4n) is 3.63. The van der Waals surface area contributed by atoms with E-state index in [1.165, 1.54) is 0 Å². The van der Waals surface area contributed by atoms with E-state index in [1.54, 1.807) is 12.4 Å². The van der Waals surface area contributed by atoms with Gasteiger partial charge in [0.1, 0.15) is 5.75 Å². The van der Waals surface area contributed by atoms with Crippen LogP contribution in [0.4, 0.5) is 11.5 Å². The highest BCUT2D eigenvalue weighted by molar-refractivity contribution is 5.94. The van der Waals surface area contributed by atoms with Crippen LogP contribution >= 0.6 is 0 Å². The molecule has 1 aliphatic heterocycles. The normalized spacial score (nSPS) is 14.4. The van der Waals surface area contributed by atoms with E-state index >= 15 is 0 Å². The Morgan fingerprint density at radius 1 is 1.07 bits per heavy atom. The molecule has 3 aromatic rings. The summed E-state index contributed by atoms with van der Waals surface area (Å²) in [6, 6.07) is 15.3. The number of benzene rings is 1. The van der Waals surface area contributed by atoms with Crippen molar-refractivity contribution >= 4 is 17.4 Å². The van der Waals surface area contributed by atoms with Crippen molar-refractivity contribution in [2.75, 3.05) is 29.9 Å². The van der Waals surface area contributed by atoms with E-state index in [2.05, 4.69) is 25.4 Å². The van der Waals surface area contributed by atoms with Gasteiger partial charge in [0.15, 0.2) is 5.82 Å². The number of nitrogens with zero attached hydrogens (tertiary/aromatic N) is 4. The highest BCUT2D eigenvalue weighted by Crippen LogP contribution is 2.27. The van der Waals surface area contributed by atoms with Crippen LogP contribution in [0.5, 0.6) is 5.75 Å². The average Bonchev–Trinajstić information content (AvgIpc) is 2.81. The van der Waals surface area contributed by atoms with Gasteiger partial charge in [0.05, 0.1) is 18.0 Å². The van der Waals surface area contributed by atoms with Crippen LogP contribution in [-0.4, -0.2) is 40.8 Å². The third kappa shape index (κ3) is 4.56. The zero-order valence-corrected chi connectivity index (χ0v) is 17.0. The molecule has 154 valence electrons. The number of nitrogens with one attached hydrogen (secondary N) is 1. The minimum absolute atomic E-state index is 0.0278. The summed E-state index contributed by atoms with van der Waals surface area (Å²) in [7, 11) is 0. The first-order valence-electron chi connectivity index (χ1n) is 10.3. The number of anilines is 2. The molecule has 0 atom stereocenters. The summed E-state index contributed by atoms with van der Waals surface area (Å²) < 4.78 is 5.60. The number of rotatable bonds is 6. The average molecular weight is 403 g/mol. The van der Waals surface area contributed by atoms with Crippen LogP contribution < -0.4 is 15.0 Å². The largest absolute Gasteiger partial charge is 0.492 e. The molecule has 3 heterocycles. The summed E-state index contributed by atoms with van der Waals surface area (Å²) in [5.74, 6) is 1.56. The monoisotopic (exact) mass is 403 g/mol. The molecular weight excluding hydrogens is 378 g/mol. The van der Waals surface area contributed by atoms with Gasteiger partial charge in [-0.25, -0.2) is 0 Å². The Bertz CT molecular complexity index is 970. The molecule has 0 aliphatic carbocycles. The SMILES string of the molecule is CCOc1ccccc1NC(=O)C1CCN(c2ccc(-c3ccncc3)nn2)CC1. The number of hydrogen-bond donors (Lipinski definition) is 1.